The topological polar surface area (TPSA) is 29.3 Å². The van der Waals surface area contributed by atoms with E-state index in [-0.39, 0.29) is 6.04 Å². The summed E-state index contributed by atoms with van der Waals surface area (Å²) in [4.78, 5) is 5.01. The van der Waals surface area contributed by atoms with Crippen molar-refractivity contribution in [3.05, 3.63) is 56.2 Å². The first kappa shape index (κ1) is 15.5. The van der Waals surface area contributed by atoms with Crippen molar-refractivity contribution < 1.29 is 0 Å². The molecule has 0 saturated carbocycles. The van der Waals surface area contributed by atoms with Crippen molar-refractivity contribution in [3.8, 4) is 0 Å². The molecule has 0 bridgehead atoms. The van der Waals surface area contributed by atoms with E-state index in [1.807, 2.05) is 23.5 Å². The lowest BCUT2D eigenvalue weighted by Gasteiger charge is -2.27. The molecular weight excluding hydrogens is 288 g/mol. The highest BCUT2D eigenvalue weighted by Crippen LogP contribution is 2.29. The molecule has 1 aromatic carbocycles. The summed E-state index contributed by atoms with van der Waals surface area (Å²) in [7, 11) is 2.12. The molecule has 2 rings (SSSR count). The van der Waals surface area contributed by atoms with Gasteiger partial charge >= 0.3 is 0 Å². The maximum absolute atomic E-state index is 6.00. The molecular formula is C16H21ClN2S. The number of rotatable bonds is 5. The summed E-state index contributed by atoms with van der Waals surface area (Å²) in [6.45, 7) is 5.81. The van der Waals surface area contributed by atoms with Crippen LogP contribution in [0.25, 0.3) is 0 Å². The zero-order valence-corrected chi connectivity index (χ0v) is 13.8. The second kappa shape index (κ2) is 6.72. The molecule has 0 aliphatic rings. The van der Waals surface area contributed by atoms with Gasteiger partial charge in [0.25, 0.3) is 0 Å². The first-order valence-corrected chi connectivity index (χ1v) is 7.92. The summed E-state index contributed by atoms with van der Waals surface area (Å²) in [5, 5.41) is 0.774. The van der Waals surface area contributed by atoms with Gasteiger partial charge in [-0.3, -0.25) is 4.90 Å². The molecule has 1 unspecified atom stereocenters. The van der Waals surface area contributed by atoms with Crippen molar-refractivity contribution in [2.24, 2.45) is 5.73 Å². The van der Waals surface area contributed by atoms with E-state index in [1.54, 1.807) is 0 Å². The van der Waals surface area contributed by atoms with Gasteiger partial charge in [-0.05, 0) is 50.2 Å². The largest absolute Gasteiger partial charge is 0.329 e. The molecule has 1 atom stereocenters. The Bertz CT molecular complexity index is 562. The molecule has 20 heavy (non-hydrogen) atoms. The van der Waals surface area contributed by atoms with Gasteiger partial charge in [-0.2, -0.15) is 0 Å². The number of aryl methyl sites for hydroxylation is 2. The lowest BCUT2D eigenvalue weighted by atomic mass is 10.1. The van der Waals surface area contributed by atoms with Crippen molar-refractivity contribution in [1.82, 2.24) is 4.90 Å². The normalized spacial score (nSPS) is 12.9. The Morgan fingerprint density at radius 2 is 1.90 bits per heavy atom. The van der Waals surface area contributed by atoms with E-state index in [0.717, 1.165) is 11.6 Å². The number of nitrogens with zero attached hydrogens (tertiary/aromatic N) is 1. The number of benzene rings is 1. The lowest BCUT2D eigenvalue weighted by Crippen LogP contribution is -2.30. The second-order valence-corrected chi connectivity index (χ2v) is 7.06. The molecule has 0 amide bonds. The average molecular weight is 309 g/mol. The molecule has 0 radical (unpaired) electrons. The number of likely N-dealkylation sites (N-methyl/N-ethyl adjacent to an activating group) is 1. The molecule has 0 fully saturated rings. The van der Waals surface area contributed by atoms with Gasteiger partial charge in [-0.1, -0.05) is 23.7 Å². The predicted octanol–water partition coefficient (Wildman–Crippen LogP) is 4.15. The third-order valence-electron chi connectivity index (χ3n) is 3.54. The Labute approximate surface area is 130 Å². The average Bonchev–Trinajstić information content (AvgIpc) is 2.72. The zero-order valence-electron chi connectivity index (χ0n) is 12.2. The van der Waals surface area contributed by atoms with Crippen LogP contribution in [-0.4, -0.2) is 18.5 Å². The Morgan fingerprint density at radius 3 is 2.40 bits per heavy atom. The molecule has 0 aliphatic carbocycles. The van der Waals surface area contributed by atoms with E-state index in [4.69, 9.17) is 17.3 Å². The summed E-state index contributed by atoms with van der Waals surface area (Å²) in [5.74, 6) is 0. The van der Waals surface area contributed by atoms with Crippen LogP contribution in [0.2, 0.25) is 5.02 Å². The molecule has 1 aromatic heterocycles. The molecule has 2 N–H and O–H groups in total. The van der Waals surface area contributed by atoms with E-state index in [2.05, 4.69) is 44.0 Å². The smallest absolute Gasteiger partial charge is 0.0481 e. The highest BCUT2D eigenvalue weighted by atomic mass is 35.5. The van der Waals surface area contributed by atoms with Crippen LogP contribution in [-0.2, 0) is 6.54 Å². The molecule has 0 spiro atoms. The monoisotopic (exact) mass is 308 g/mol. The van der Waals surface area contributed by atoms with Gasteiger partial charge in [0.15, 0.2) is 0 Å². The van der Waals surface area contributed by atoms with Crippen molar-refractivity contribution >= 4 is 22.9 Å². The first-order chi connectivity index (χ1) is 9.51. The van der Waals surface area contributed by atoms with Crippen LogP contribution in [0, 0.1) is 13.8 Å². The maximum Gasteiger partial charge on any atom is 0.0481 e. The Morgan fingerprint density at radius 1 is 1.25 bits per heavy atom. The SMILES string of the molecule is Cc1cc(C(CN)N(C)Cc2ccc(Cl)cc2)c(C)s1. The lowest BCUT2D eigenvalue weighted by molar-refractivity contribution is 0.241. The van der Waals surface area contributed by atoms with Gasteiger partial charge in [0.2, 0.25) is 0 Å². The van der Waals surface area contributed by atoms with Crippen LogP contribution in [0.15, 0.2) is 30.3 Å². The molecule has 108 valence electrons. The second-order valence-electron chi connectivity index (χ2n) is 5.16. The van der Waals surface area contributed by atoms with Crippen LogP contribution in [0.4, 0.5) is 0 Å². The van der Waals surface area contributed by atoms with Crippen LogP contribution in [0.1, 0.15) is 26.9 Å². The molecule has 2 aromatic rings. The fourth-order valence-electron chi connectivity index (χ4n) is 2.51. The van der Waals surface area contributed by atoms with Gasteiger partial charge in [-0.25, -0.2) is 0 Å². The molecule has 0 aliphatic heterocycles. The fourth-order valence-corrected chi connectivity index (χ4v) is 3.62. The minimum absolute atomic E-state index is 0.260. The first-order valence-electron chi connectivity index (χ1n) is 6.73. The summed E-state index contributed by atoms with van der Waals surface area (Å²) in [6.07, 6.45) is 0. The standard InChI is InChI=1S/C16H21ClN2S/c1-11-8-15(12(2)20-11)16(9-18)19(3)10-13-4-6-14(17)7-5-13/h4-8,16H,9-10,18H2,1-3H3. The fraction of sp³-hybridized carbons (Fsp3) is 0.375. The van der Waals surface area contributed by atoms with E-state index < -0.39 is 0 Å². The quantitative estimate of drug-likeness (QED) is 0.899. The Balaban J connectivity index is 2.15. The summed E-state index contributed by atoms with van der Waals surface area (Å²) in [5.41, 5.74) is 8.61. The maximum atomic E-state index is 6.00. The van der Waals surface area contributed by atoms with Gasteiger partial charge < -0.3 is 5.73 Å². The number of nitrogens with two attached hydrogens (primary N) is 1. The predicted molar refractivity (Wildman–Crippen MR) is 88.5 cm³/mol. The minimum atomic E-state index is 0.260. The number of hydrogen-bond acceptors (Lipinski definition) is 3. The van der Waals surface area contributed by atoms with Crippen molar-refractivity contribution in [3.63, 3.8) is 0 Å². The number of hydrogen-bond donors (Lipinski definition) is 1. The van der Waals surface area contributed by atoms with Crippen molar-refractivity contribution in [2.45, 2.75) is 26.4 Å². The van der Waals surface area contributed by atoms with Crippen LogP contribution in [0.3, 0.4) is 0 Å². The van der Waals surface area contributed by atoms with Gasteiger partial charge in [0.1, 0.15) is 0 Å². The Hall–Kier alpha value is -0.870. The van der Waals surface area contributed by atoms with Gasteiger partial charge in [0.05, 0.1) is 0 Å². The number of thiophene rings is 1. The minimum Gasteiger partial charge on any atom is -0.329 e. The highest BCUT2D eigenvalue weighted by molar-refractivity contribution is 7.12. The van der Waals surface area contributed by atoms with Crippen LogP contribution in [0.5, 0.6) is 0 Å². The van der Waals surface area contributed by atoms with Gasteiger partial charge in [-0.15, -0.1) is 11.3 Å². The van der Waals surface area contributed by atoms with Crippen LogP contribution < -0.4 is 5.73 Å². The Kier molecular flexibility index (Phi) is 5.22. The number of halogens is 1. The molecule has 2 nitrogen and oxygen atoms in total. The summed E-state index contributed by atoms with van der Waals surface area (Å²) >= 11 is 7.76. The van der Waals surface area contributed by atoms with Crippen molar-refractivity contribution in [1.29, 1.82) is 0 Å². The van der Waals surface area contributed by atoms with E-state index in [9.17, 15) is 0 Å². The third kappa shape index (κ3) is 3.61. The summed E-state index contributed by atoms with van der Waals surface area (Å²) in [6, 6.07) is 10.5. The zero-order chi connectivity index (χ0) is 14.7. The van der Waals surface area contributed by atoms with E-state index in [1.165, 1.54) is 20.9 Å². The third-order valence-corrected chi connectivity index (χ3v) is 4.77. The molecule has 1 heterocycles. The van der Waals surface area contributed by atoms with E-state index in [0.29, 0.717) is 6.54 Å². The molecule has 4 heteroatoms. The van der Waals surface area contributed by atoms with Crippen molar-refractivity contribution in [2.75, 3.05) is 13.6 Å². The van der Waals surface area contributed by atoms with E-state index >= 15 is 0 Å². The van der Waals surface area contributed by atoms with Gasteiger partial charge in [0, 0.05) is 33.9 Å². The van der Waals surface area contributed by atoms with Crippen LogP contribution >= 0.6 is 22.9 Å². The highest BCUT2D eigenvalue weighted by Gasteiger charge is 2.19. The molecule has 0 saturated heterocycles. The summed E-state index contributed by atoms with van der Waals surface area (Å²) < 4.78 is 0.